The first-order chi connectivity index (χ1) is 9.82. The van der Waals surface area contributed by atoms with E-state index in [1.54, 1.807) is 24.3 Å². The Labute approximate surface area is 126 Å². The Balaban J connectivity index is 1.86. The van der Waals surface area contributed by atoms with Gasteiger partial charge in [0, 0.05) is 12.6 Å². The molecule has 1 unspecified atom stereocenters. The maximum atomic E-state index is 12.2. The number of rotatable bonds is 5. The third-order valence-electron chi connectivity index (χ3n) is 4.19. The molecule has 21 heavy (non-hydrogen) atoms. The minimum Gasteiger partial charge on any atom is -0.314 e. The van der Waals surface area contributed by atoms with Gasteiger partial charge >= 0.3 is 0 Å². The molecule has 1 N–H and O–H groups in total. The van der Waals surface area contributed by atoms with Gasteiger partial charge in [-0.1, -0.05) is 32.9 Å². The predicted molar refractivity (Wildman–Crippen MR) is 83.3 cm³/mol. The molecule has 0 bridgehead atoms. The van der Waals surface area contributed by atoms with Crippen LogP contribution in [0.2, 0.25) is 0 Å². The molecule has 1 aliphatic rings. The fourth-order valence-electron chi connectivity index (χ4n) is 2.30. The highest BCUT2D eigenvalue weighted by atomic mass is 16.2. The van der Waals surface area contributed by atoms with E-state index in [1.165, 1.54) is 4.90 Å². The van der Waals surface area contributed by atoms with Gasteiger partial charge in [-0.25, -0.2) is 0 Å². The SMILES string of the molecule is CC(NCCCN1C(=O)c2ccccc2C1=O)C(C)(C)C. The molecule has 1 aromatic carbocycles. The van der Waals surface area contributed by atoms with Gasteiger partial charge in [0.05, 0.1) is 11.1 Å². The molecule has 1 heterocycles. The highest BCUT2D eigenvalue weighted by Gasteiger charge is 2.34. The zero-order chi connectivity index (χ0) is 15.6. The quantitative estimate of drug-likeness (QED) is 0.669. The van der Waals surface area contributed by atoms with Gasteiger partial charge in [0.2, 0.25) is 0 Å². The van der Waals surface area contributed by atoms with Crippen molar-refractivity contribution in [1.82, 2.24) is 10.2 Å². The molecule has 1 aliphatic heterocycles. The van der Waals surface area contributed by atoms with Crippen LogP contribution in [0, 0.1) is 5.41 Å². The molecule has 0 fully saturated rings. The standard InChI is InChI=1S/C17H24N2O2/c1-12(17(2,3)4)18-10-7-11-19-15(20)13-8-5-6-9-14(13)16(19)21/h5-6,8-9,12,18H,7,10-11H2,1-4H3. The highest BCUT2D eigenvalue weighted by Crippen LogP contribution is 2.22. The molecular formula is C17H24N2O2. The molecule has 0 aromatic heterocycles. The summed E-state index contributed by atoms with van der Waals surface area (Å²) in [5.74, 6) is -0.334. The topological polar surface area (TPSA) is 49.4 Å². The summed E-state index contributed by atoms with van der Waals surface area (Å²) in [5, 5.41) is 3.45. The van der Waals surface area contributed by atoms with Crippen LogP contribution in [0.25, 0.3) is 0 Å². The Morgan fingerprint density at radius 1 is 1.10 bits per heavy atom. The van der Waals surface area contributed by atoms with Gasteiger partial charge in [0.1, 0.15) is 0 Å². The minimum atomic E-state index is -0.167. The van der Waals surface area contributed by atoms with Gasteiger partial charge in [-0.3, -0.25) is 14.5 Å². The highest BCUT2D eigenvalue weighted by molar-refractivity contribution is 6.21. The van der Waals surface area contributed by atoms with E-state index in [9.17, 15) is 9.59 Å². The number of carbonyl (C=O) groups is 2. The zero-order valence-corrected chi connectivity index (χ0v) is 13.3. The van der Waals surface area contributed by atoms with Crippen molar-refractivity contribution in [3.05, 3.63) is 35.4 Å². The van der Waals surface area contributed by atoms with Crippen molar-refractivity contribution in [3.8, 4) is 0 Å². The molecule has 0 saturated heterocycles. The van der Waals surface area contributed by atoms with E-state index in [2.05, 4.69) is 33.0 Å². The number of imide groups is 1. The fourth-order valence-corrected chi connectivity index (χ4v) is 2.30. The summed E-state index contributed by atoms with van der Waals surface area (Å²) in [4.78, 5) is 25.7. The first kappa shape index (κ1) is 15.7. The smallest absolute Gasteiger partial charge is 0.261 e. The third kappa shape index (κ3) is 3.32. The monoisotopic (exact) mass is 288 g/mol. The number of fused-ring (bicyclic) bond motifs is 1. The molecule has 2 rings (SSSR count). The van der Waals surface area contributed by atoms with Crippen LogP contribution in [-0.4, -0.2) is 35.8 Å². The lowest BCUT2D eigenvalue weighted by molar-refractivity contribution is 0.0652. The van der Waals surface area contributed by atoms with Crippen LogP contribution < -0.4 is 5.32 Å². The molecule has 1 atom stereocenters. The summed E-state index contributed by atoms with van der Waals surface area (Å²) in [7, 11) is 0. The van der Waals surface area contributed by atoms with Crippen LogP contribution in [0.1, 0.15) is 54.8 Å². The lowest BCUT2D eigenvalue weighted by atomic mass is 9.88. The molecule has 0 radical (unpaired) electrons. The summed E-state index contributed by atoms with van der Waals surface area (Å²) < 4.78 is 0. The second-order valence-electron chi connectivity index (χ2n) is 6.70. The molecule has 2 amide bonds. The predicted octanol–water partition coefficient (Wildman–Crippen LogP) is 2.70. The number of nitrogens with zero attached hydrogens (tertiary/aromatic N) is 1. The van der Waals surface area contributed by atoms with E-state index in [4.69, 9.17) is 0 Å². The van der Waals surface area contributed by atoms with Crippen LogP contribution in [0.4, 0.5) is 0 Å². The number of benzene rings is 1. The van der Waals surface area contributed by atoms with E-state index >= 15 is 0 Å². The van der Waals surface area contributed by atoms with Crippen molar-refractivity contribution in [2.24, 2.45) is 5.41 Å². The Morgan fingerprint density at radius 3 is 2.10 bits per heavy atom. The average Bonchev–Trinajstić information content (AvgIpc) is 2.67. The Bertz CT molecular complexity index is 511. The van der Waals surface area contributed by atoms with Crippen LogP contribution in [0.15, 0.2) is 24.3 Å². The molecule has 0 aliphatic carbocycles. The maximum absolute atomic E-state index is 12.2. The van der Waals surface area contributed by atoms with Crippen LogP contribution in [-0.2, 0) is 0 Å². The number of hydrogen-bond donors (Lipinski definition) is 1. The van der Waals surface area contributed by atoms with E-state index in [-0.39, 0.29) is 17.2 Å². The van der Waals surface area contributed by atoms with Crippen molar-refractivity contribution >= 4 is 11.8 Å². The van der Waals surface area contributed by atoms with Gasteiger partial charge in [-0.2, -0.15) is 0 Å². The normalized spacial score (nSPS) is 16.3. The Morgan fingerprint density at radius 2 is 1.62 bits per heavy atom. The number of hydrogen-bond acceptors (Lipinski definition) is 3. The van der Waals surface area contributed by atoms with Crippen LogP contribution >= 0.6 is 0 Å². The zero-order valence-electron chi connectivity index (χ0n) is 13.3. The number of nitrogens with one attached hydrogen (secondary N) is 1. The average molecular weight is 288 g/mol. The second-order valence-corrected chi connectivity index (χ2v) is 6.70. The summed E-state index contributed by atoms with van der Waals surface area (Å²) in [6, 6.07) is 7.41. The van der Waals surface area contributed by atoms with Gasteiger partial charge in [-0.05, 0) is 37.4 Å². The van der Waals surface area contributed by atoms with E-state index in [0.29, 0.717) is 23.7 Å². The first-order valence-corrected chi connectivity index (χ1v) is 7.51. The maximum Gasteiger partial charge on any atom is 0.261 e. The van der Waals surface area contributed by atoms with Gasteiger partial charge in [0.25, 0.3) is 11.8 Å². The van der Waals surface area contributed by atoms with Crippen molar-refractivity contribution in [3.63, 3.8) is 0 Å². The van der Waals surface area contributed by atoms with Crippen LogP contribution in [0.3, 0.4) is 0 Å². The molecular weight excluding hydrogens is 264 g/mol. The van der Waals surface area contributed by atoms with Gasteiger partial charge in [0.15, 0.2) is 0 Å². The molecule has 114 valence electrons. The van der Waals surface area contributed by atoms with Crippen LogP contribution in [0.5, 0.6) is 0 Å². The molecule has 4 heteroatoms. The molecule has 0 saturated carbocycles. The van der Waals surface area contributed by atoms with Gasteiger partial charge < -0.3 is 5.32 Å². The van der Waals surface area contributed by atoms with E-state index in [1.807, 2.05) is 0 Å². The molecule has 1 aromatic rings. The van der Waals surface area contributed by atoms with Crippen molar-refractivity contribution < 1.29 is 9.59 Å². The summed E-state index contributed by atoms with van der Waals surface area (Å²) in [6.07, 6.45) is 0.770. The Kier molecular flexibility index (Phi) is 4.47. The van der Waals surface area contributed by atoms with E-state index in [0.717, 1.165) is 13.0 Å². The van der Waals surface area contributed by atoms with Gasteiger partial charge in [-0.15, -0.1) is 0 Å². The lowest BCUT2D eigenvalue weighted by Gasteiger charge is -2.28. The number of amides is 2. The number of carbonyl (C=O) groups excluding carboxylic acids is 2. The summed E-state index contributed by atoms with van der Waals surface area (Å²) in [5.41, 5.74) is 1.26. The summed E-state index contributed by atoms with van der Waals surface area (Å²) >= 11 is 0. The third-order valence-corrected chi connectivity index (χ3v) is 4.19. The van der Waals surface area contributed by atoms with E-state index < -0.39 is 0 Å². The first-order valence-electron chi connectivity index (χ1n) is 7.51. The van der Waals surface area contributed by atoms with Crippen molar-refractivity contribution in [2.45, 2.75) is 40.2 Å². The second kappa shape index (κ2) is 5.98. The Hall–Kier alpha value is -1.68. The minimum absolute atomic E-state index is 0.167. The van der Waals surface area contributed by atoms with Crippen molar-refractivity contribution in [2.75, 3.05) is 13.1 Å². The summed E-state index contributed by atoms with van der Waals surface area (Å²) in [6.45, 7) is 9.99. The molecule has 0 spiro atoms. The fraction of sp³-hybridized carbons (Fsp3) is 0.529. The lowest BCUT2D eigenvalue weighted by Crippen LogP contribution is -2.39. The molecule has 4 nitrogen and oxygen atoms in total. The van der Waals surface area contributed by atoms with Crippen molar-refractivity contribution in [1.29, 1.82) is 0 Å². The largest absolute Gasteiger partial charge is 0.314 e.